The number of rotatable bonds is 3. The van der Waals surface area contributed by atoms with Gasteiger partial charge in [0.2, 0.25) is 0 Å². The minimum atomic E-state index is -0.858. The molecule has 1 aromatic carbocycles. The van der Waals surface area contributed by atoms with E-state index in [1.165, 1.54) is 6.07 Å². The molecule has 9 heteroatoms. The van der Waals surface area contributed by atoms with E-state index in [-0.39, 0.29) is 30.2 Å². The van der Waals surface area contributed by atoms with Gasteiger partial charge in [-0.2, -0.15) is 0 Å². The molecule has 0 unspecified atom stereocenters. The maximum atomic E-state index is 14.6. The van der Waals surface area contributed by atoms with Gasteiger partial charge in [0.05, 0.1) is 19.1 Å². The van der Waals surface area contributed by atoms with Crippen molar-refractivity contribution in [1.82, 2.24) is 9.80 Å². The fourth-order valence-electron chi connectivity index (χ4n) is 5.27. The Morgan fingerprint density at radius 2 is 1.92 bits per heavy atom. The van der Waals surface area contributed by atoms with E-state index < -0.39 is 24.3 Å². The topological polar surface area (TPSA) is 91.7 Å². The standard InChI is InChI=1S/C30H40FN3O5/c1-19-5-7-24(35)16-28(36)39-29(21(3)13-22-14-23-17-32-18-25(23)26(31)15-22)20(2)6-8-27(19)38-30(37)34-11-9-33(4)10-12-34/h6,8,13-15,18-20,24,27,29,35H,5,7,9-12,16-17H2,1-4H3/b8-6+,21-13+/t19-,20-,24+,27-,29-/m0/s1. The molecule has 0 saturated carbocycles. The largest absolute Gasteiger partial charge is 0.457 e. The molecule has 8 nitrogen and oxygen atoms in total. The van der Waals surface area contributed by atoms with Crippen molar-refractivity contribution in [3.05, 3.63) is 52.4 Å². The van der Waals surface area contributed by atoms with Crippen molar-refractivity contribution < 1.29 is 28.6 Å². The normalized spacial score (nSPS) is 29.7. The first kappa shape index (κ1) is 29.0. The van der Waals surface area contributed by atoms with Gasteiger partial charge < -0.3 is 24.4 Å². The number of carbonyl (C=O) groups is 2. The molecule has 1 saturated heterocycles. The third kappa shape index (κ3) is 7.54. The summed E-state index contributed by atoms with van der Waals surface area (Å²) in [6.45, 7) is 9.04. The lowest BCUT2D eigenvalue weighted by atomic mass is 9.91. The summed E-state index contributed by atoms with van der Waals surface area (Å²) in [5.41, 5.74) is 2.74. The molecule has 1 fully saturated rings. The number of hydrogen-bond acceptors (Lipinski definition) is 7. The van der Waals surface area contributed by atoms with Crippen LogP contribution >= 0.6 is 0 Å². The predicted octanol–water partition coefficient (Wildman–Crippen LogP) is 4.20. The average molecular weight is 542 g/mol. The minimum Gasteiger partial charge on any atom is -0.457 e. The maximum Gasteiger partial charge on any atom is 0.410 e. The van der Waals surface area contributed by atoms with Crippen LogP contribution in [-0.2, 0) is 20.8 Å². The first-order chi connectivity index (χ1) is 18.6. The maximum absolute atomic E-state index is 14.6. The average Bonchev–Trinajstić information content (AvgIpc) is 3.37. The third-order valence-electron chi connectivity index (χ3n) is 7.82. The molecule has 39 heavy (non-hydrogen) atoms. The van der Waals surface area contributed by atoms with Gasteiger partial charge in [-0.15, -0.1) is 0 Å². The summed E-state index contributed by atoms with van der Waals surface area (Å²) in [6, 6.07) is 3.35. The molecule has 3 heterocycles. The van der Waals surface area contributed by atoms with Crippen LogP contribution in [0, 0.1) is 17.7 Å². The molecule has 1 amide bonds. The number of fused-ring (bicyclic) bond motifs is 1. The van der Waals surface area contributed by atoms with Crippen molar-refractivity contribution in [2.75, 3.05) is 33.2 Å². The second-order valence-electron chi connectivity index (χ2n) is 11.1. The van der Waals surface area contributed by atoms with Crippen LogP contribution in [0.3, 0.4) is 0 Å². The molecule has 4 rings (SSSR count). The van der Waals surface area contributed by atoms with Crippen LogP contribution in [0.1, 0.15) is 56.7 Å². The van der Waals surface area contributed by atoms with Gasteiger partial charge in [-0.1, -0.05) is 26.0 Å². The zero-order chi connectivity index (χ0) is 28.1. The summed E-state index contributed by atoms with van der Waals surface area (Å²) in [4.78, 5) is 33.7. The quantitative estimate of drug-likeness (QED) is 0.456. The number of amides is 1. The molecule has 0 radical (unpaired) electrons. The van der Waals surface area contributed by atoms with Crippen molar-refractivity contribution in [3.8, 4) is 0 Å². The number of piperazine rings is 1. The lowest BCUT2D eigenvalue weighted by Crippen LogP contribution is -2.48. The van der Waals surface area contributed by atoms with Gasteiger partial charge in [0.1, 0.15) is 18.0 Å². The second-order valence-corrected chi connectivity index (χ2v) is 11.1. The Kier molecular flexibility index (Phi) is 9.56. The zero-order valence-corrected chi connectivity index (χ0v) is 23.3. The monoisotopic (exact) mass is 541 g/mol. The summed E-state index contributed by atoms with van der Waals surface area (Å²) >= 11 is 0. The molecule has 5 atom stereocenters. The molecule has 0 spiro atoms. The third-order valence-corrected chi connectivity index (χ3v) is 7.82. The molecule has 0 bridgehead atoms. The number of nitrogens with zero attached hydrogens (tertiary/aromatic N) is 3. The number of ether oxygens (including phenoxy) is 2. The zero-order valence-electron chi connectivity index (χ0n) is 23.3. The van der Waals surface area contributed by atoms with Crippen LogP contribution in [0.5, 0.6) is 0 Å². The SMILES string of the molecule is C/C(=C\c1cc(F)c2c(c1)CN=C2)[C@H]1OC(=O)C[C@H](O)CC[C@H](C)[C@@H](OC(=O)N2CCN(C)CC2)/C=C/[C@@H]1C. The lowest BCUT2D eigenvalue weighted by Gasteiger charge is -2.33. The molecule has 1 aromatic rings. The van der Waals surface area contributed by atoms with E-state index in [1.807, 2.05) is 52.1 Å². The number of likely N-dealkylation sites (N-methyl/N-ethyl adjacent to an activating group) is 1. The first-order valence-corrected chi connectivity index (χ1v) is 13.8. The number of hydrogen-bond donors (Lipinski definition) is 1. The van der Waals surface area contributed by atoms with E-state index in [1.54, 1.807) is 11.1 Å². The van der Waals surface area contributed by atoms with Crippen LogP contribution in [0.2, 0.25) is 0 Å². The number of esters is 1. The lowest BCUT2D eigenvalue weighted by molar-refractivity contribution is -0.151. The number of aliphatic hydroxyl groups excluding tert-OH is 1. The van der Waals surface area contributed by atoms with Crippen molar-refractivity contribution in [2.45, 2.75) is 64.9 Å². The van der Waals surface area contributed by atoms with Gasteiger partial charge in [0.15, 0.2) is 0 Å². The molecular weight excluding hydrogens is 501 g/mol. The highest BCUT2D eigenvalue weighted by Gasteiger charge is 2.29. The van der Waals surface area contributed by atoms with E-state index in [4.69, 9.17) is 9.47 Å². The van der Waals surface area contributed by atoms with E-state index in [0.717, 1.165) is 24.2 Å². The predicted molar refractivity (Wildman–Crippen MR) is 148 cm³/mol. The van der Waals surface area contributed by atoms with Crippen molar-refractivity contribution in [3.63, 3.8) is 0 Å². The Morgan fingerprint density at radius 1 is 1.18 bits per heavy atom. The van der Waals surface area contributed by atoms with Crippen LogP contribution in [0.25, 0.3) is 6.08 Å². The summed E-state index contributed by atoms with van der Waals surface area (Å²) in [7, 11) is 2.03. The van der Waals surface area contributed by atoms with Gasteiger partial charge in [-0.25, -0.2) is 9.18 Å². The molecular formula is C30H40FN3O5. The number of aliphatic imine (C=N–C) groups is 1. The second kappa shape index (κ2) is 12.9. The summed E-state index contributed by atoms with van der Waals surface area (Å²) in [5, 5.41) is 10.5. The number of aliphatic hydroxyl groups is 1. The Bertz CT molecular complexity index is 1140. The van der Waals surface area contributed by atoms with Gasteiger partial charge in [0.25, 0.3) is 0 Å². The number of benzene rings is 1. The van der Waals surface area contributed by atoms with Crippen molar-refractivity contribution in [2.24, 2.45) is 16.8 Å². The number of halogens is 1. The highest BCUT2D eigenvalue weighted by Crippen LogP contribution is 2.27. The Morgan fingerprint density at radius 3 is 2.67 bits per heavy atom. The highest BCUT2D eigenvalue weighted by molar-refractivity contribution is 5.85. The summed E-state index contributed by atoms with van der Waals surface area (Å²) < 4.78 is 26.4. The van der Waals surface area contributed by atoms with Gasteiger partial charge in [-0.05, 0) is 67.6 Å². The molecule has 3 aliphatic heterocycles. The Balaban J connectivity index is 1.56. The molecule has 0 aromatic heterocycles. The van der Waals surface area contributed by atoms with E-state index in [9.17, 15) is 19.1 Å². The highest BCUT2D eigenvalue weighted by atomic mass is 19.1. The Labute approximate surface area is 230 Å². The number of cyclic esters (lactones) is 1. The molecule has 212 valence electrons. The van der Waals surface area contributed by atoms with E-state index in [2.05, 4.69) is 9.89 Å². The number of carbonyl (C=O) groups excluding carboxylic acids is 2. The van der Waals surface area contributed by atoms with E-state index >= 15 is 0 Å². The summed E-state index contributed by atoms with van der Waals surface area (Å²) in [5.74, 6) is -1.14. The van der Waals surface area contributed by atoms with Gasteiger partial charge in [-0.3, -0.25) is 9.79 Å². The first-order valence-electron chi connectivity index (χ1n) is 13.8. The minimum absolute atomic E-state index is 0.0540. The van der Waals surface area contributed by atoms with Gasteiger partial charge in [0, 0.05) is 43.9 Å². The van der Waals surface area contributed by atoms with Crippen LogP contribution < -0.4 is 0 Å². The van der Waals surface area contributed by atoms with Crippen LogP contribution in [-0.4, -0.2) is 84.7 Å². The van der Waals surface area contributed by atoms with Crippen LogP contribution in [0.15, 0.2) is 34.9 Å². The van der Waals surface area contributed by atoms with E-state index in [0.29, 0.717) is 43.6 Å². The fourth-order valence-corrected chi connectivity index (χ4v) is 5.27. The molecule has 0 aliphatic carbocycles. The molecule has 3 aliphatic rings. The van der Waals surface area contributed by atoms with Crippen molar-refractivity contribution >= 4 is 24.4 Å². The molecule has 1 N–H and O–H groups in total. The Hall–Kier alpha value is -3.04. The summed E-state index contributed by atoms with van der Waals surface area (Å²) in [6.07, 6.45) is 5.68. The van der Waals surface area contributed by atoms with Gasteiger partial charge >= 0.3 is 12.1 Å². The van der Waals surface area contributed by atoms with Crippen molar-refractivity contribution in [1.29, 1.82) is 0 Å². The fraction of sp³-hybridized carbons (Fsp3) is 0.567. The van der Waals surface area contributed by atoms with Crippen LogP contribution in [0.4, 0.5) is 9.18 Å². The smallest absolute Gasteiger partial charge is 0.410 e.